The highest BCUT2D eigenvalue weighted by molar-refractivity contribution is 9.10. The van der Waals surface area contributed by atoms with E-state index in [2.05, 4.69) is 26.6 Å². The molecule has 0 aliphatic rings. The molecule has 0 aliphatic heterocycles. The van der Waals surface area contributed by atoms with Crippen molar-refractivity contribution in [2.45, 2.75) is 13.3 Å². The van der Waals surface area contributed by atoms with Crippen molar-refractivity contribution in [1.82, 2.24) is 0 Å². The van der Waals surface area contributed by atoms with Crippen LogP contribution < -0.4 is 10.6 Å². The molecule has 1 aromatic heterocycles. The zero-order valence-corrected chi connectivity index (χ0v) is 12.4. The summed E-state index contributed by atoms with van der Waals surface area (Å²) in [6.07, 6.45) is 0.422. The van der Waals surface area contributed by atoms with Crippen molar-refractivity contribution in [1.29, 1.82) is 0 Å². The second-order valence-electron chi connectivity index (χ2n) is 4.04. The number of carbonyl (C=O) groups excluding carboxylic acids is 2. The van der Waals surface area contributed by atoms with Crippen molar-refractivity contribution in [3.63, 3.8) is 0 Å². The fourth-order valence-electron chi connectivity index (χ4n) is 1.52. The Morgan fingerprint density at radius 1 is 1.05 bits per heavy atom. The predicted octanol–water partition coefficient (Wildman–Crippen LogP) is 3.64. The largest absolute Gasteiger partial charge is 0.444 e. The summed E-state index contributed by atoms with van der Waals surface area (Å²) in [6.45, 7) is 1.78. The van der Waals surface area contributed by atoms with E-state index in [1.807, 2.05) is 0 Å². The van der Waals surface area contributed by atoms with Gasteiger partial charge < -0.3 is 15.1 Å². The van der Waals surface area contributed by atoms with Gasteiger partial charge in [-0.3, -0.25) is 9.59 Å². The molecule has 6 heteroatoms. The number of carbonyl (C=O) groups is 2. The number of anilines is 2. The molecule has 1 heterocycles. The Bertz CT molecular complexity index is 620. The van der Waals surface area contributed by atoms with Crippen LogP contribution in [0, 0.1) is 0 Å². The van der Waals surface area contributed by atoms with Crippen LogP contribution in [0.4, 0.5) is 11.4 Å². The second-order valence-corrected chi connectivity index (χ2v) is 4.82. The molecule has 2 N–H and O–H groups in total. The molecule has 2 aromatic rings. The van der Waals surface area contributed by atoms with Gasteiger partial charge in [-0.1, -0.05) is 6.92 Å². The van der Waals surface area contributed by atoms with E-state index >= 15 is 0 Å². The molecule has 104 valence electrons. The summed E-state index contributed by atoms with van der Waals surface area (Å²) in [7, 11) is 0. The molecule has 0 saturated heterocycles. The third-order valence-electron chi connectivity index (χ3n) is 2.54. The van der Waals surface area contributed by atoms with Crippen LogP contribution in [0.2, 0.25) is 0 Å². The quantitative estimate of drug-likeness (QED) is 0.895. The lowest BCUT2D eigenvalue weighted by atomic mass is 10.2. The lowest BCUT2D eigenvalue weighted by molar-refractivity contribution is -0.115. The molecule has 1 aromatic carbocycles. The van der Waals surface area contributed by atoms with Gasteiger partial charge in [0.15, 0.2) is 10.4 Å². The van der Waals surface area contributed by atoms with Gasteiger partial charge in [0, 0.05) is 17.8 Å². The first-order valence-electron chi connectivity index (χ1n) is 6.05. The Morgan fingerprint density at radius 3 is 2.15 bits per heavy atom. The molecule has 0 bridgehead atoms. The van der Waals surface area contributed by atoms with Crippen molar-refractivity contribution in [3.8, 4) is 0 Å². The zero-order chi connectivity index (χ0) is 14.5. The molecular weight excluding hydrogens is 324 g/mol. The van der Waals surface area contributed by atoms with Gasteiger partial charge in [-0.05, 0) is 52.3 Å². The number of benzene rings is 1. The van der Waals surface area contributed by atoms with Crippen molar-refractivity contribution in [3.05, 3.63) is 46.8 Å². The Morgan fingerprint density at radius 2 is 1.65 bits per heavy atom. The third kappa shape index (κ3) is 3.71. The maximum atomic E-state index is 11.8. The maximum Gasteiger partial charge on any atom is 0.291 e. The fraction of sp³-hybridized carbons (Fsp3) is 0.143. The molecule has 0 aliphatic carbocycles. The van der Waals surface area contributed by atoms with Gasteiger partial charge in [0.25, 0.3) is 5.91 Å². The average molecular weight is 337 g/mol. The standard InChI is InChI=1S/C14H13BrN2O3/c1-2-13(18)16-9-3-5-10(6-4-9)17-14(19)11-7-8-12(15)20-11/h3-8H,2H2,1H3,(H,16,18)(H,17,19). The summed E-state index contributed by atoms with van der Waals surface area (Å²) in [4.78, 5) is 23.1. The van der Waals surface area contributed by atoms with Gasteiger partial charge in [-0.25, -0.2) is 0 Å². The van der Waals surface area contributed by atoms with Gasteiger partial charge in [0.05, 0.1) is 0 Å². The molecule has 20 heavy (non-hydrogen) atoms. The van der Waals surface area contributed by atoms with E-state index in [-0.39, 0.29) is 17.6 Å². The van der Waals surface area contributed by atoms with Crippen LogP contribution in [0.25, 0.3) is 0 Å². The minimum absolute atomic E-state index is 0.0535. The average Bonchev–Trinajstić information content (AvgIpc) is 2.87. The molecule has 2 amide bonds. The van der Waals surface area contributed by atoms with Gasteiger partial charge in [-0.2, -0.15) is 0 Å². The zero-order valence-electron chi connectivity index (χ0n) is 10.8. The van der Waals surface area contributed by atoms with Crippen molar-refractivity contribution in [2.75, 3.05) is 10.6 Å². The van der Waals surface area contributed by atoms with Crippen LogP contribution in [-0.2, 0) is 4.79 Å². The monoisotopic (exact) mass is 336 g/mol. The van der Waals surface area contributed by atoms with Gasteiger partial charge in [0.1, 0.15) is 0 Å². The summed E-state index contributed by atoms with van der Waals surface area (Å²) in [5, 5.41) is 5.43. The van der Waals surface area contributed by atoms with Crippen LogP contribution in [0.5, 0.6) is 0 Å². The normalized spacial score (nSPS) is 10.1. The maximum absolute atomic E-state index is 11.8. The number of nitrogens with one attached hydrogen (secondary N) is 2. The number of amides is 2. The van der Waals surface area contributed by atoms with E-state index in [4.69, 9.17) is 4.42 Å². The molecule has 2 rings (SSSR count). The van der Waals surface area contributed by atoms with Crippen LogP contribution in [-0.4, -0.2) is 11.8 Å². The van der Waals surface area contributed by atoms with Crippen LogP contribution >= 0.6 is 15.9 Å². The summed E-state index contributed by atoms with van der Waals surface area (Å²) in [5.74, 6) is -0.163. The van der Waals surface area contributed by atoms with E-state index in [9.17, 15) is 9.59 Å². The lowest BCUT2D eigenvalue weighted by Gasteiger charge is -2.06. The number of halogens is 1. The first kappa shape index (κ1) is 14.3. The molecule has 0 radical (unpaired) electrons. The molecule has 0 atom stereocenters. The topological polar surface area (TPSA) is 71.3 Å². The van der Waals surface area contributed by atoms with E-state index < -0.39 is 0 Å². The smallest absolute Gasteiger partial charge is 0.291 e. The van der Waals surface area contributed by atoms with Crippen LogP contribution in [0.15, 0.2) is 45.5 Å². The highest BCUT2D eigenvalue weighted by Crippen LogP contribution is 2.17. The van der Waals surface area contributed by atoms with Crippen molar-refractivity contribution < 1.29 is 14.0 Å². The van der Waals surface area contributed by atoms with Gasteiger partial charge in [0.2, 0.25) is 5.91 Å². The second kappa shape index (κ2) is 6.38. The summed E-state index contributed by atoms with van der Waals surface area (Å²) in [5.41, 5.74) is 1.31. The summed E-state index contributed by atoms with van der Waals surface area (Å²) in [6, 6.07) is 10.1. The highest BCUT2D eigenvalue weighted by atomic mass is 79.9. The SMILES string of the molecule is CCC(=O)Nc1ccc(NC(=O)c2ccc(Br)o2)cc1. The number of hydrogen-bond acceptors (Lipinski definition) is 3. The number of rotatable bonds is 4. The molecule has 0 saturated carbocycles. The molecule has 0 fully saturated rings. The van der Waals surface area contributed by atoms with Crippen LogP contribution in [0.1, 0.15) is 23.9 Å². The Hall–Kier alpha value is -2.08. The third-order valence-corrected chi connectivity index (χ3v) is 2.97. The summed E-state index contributed by atoms with van der Waals surface area (Å²) >= 11 is 3.14. The minimum Gasteiger partial charge on any atom is -0.444 e. The van der Waals surface area contributed by atoms with Crippen molar-refractivity contribution in [2.24, 2.45) is 0 Å². The Kier molecular flexibility index (Phi) is 4.57. The molecule has 0 unspecified atom stereocenters. The lowest BCUT2D eigenvalue weighted by Crippen LogP contribution is -2.11. The van der Waals surface area contributed by atoms with Crippen LogP contribution in [0.3, 0.4) is 0 Å². The fourth-order valence-corrected chi connectivity index (χ4v) is 1.82. The Balaban J connectivity index is 2.00. The first-order chi connectivity index (χ1) is 9.58. The van der Waals surface area contributed by atoms with E-state index in [1.54, 1.807) is 43.3 Å². The van der Waals surface area contributed by atoms with E-state index in [1.165, 1.54) is 0 Å². The van der Waals surface area contributed by atoms with Gasteiger partial charge >= 0.3 is 0 Å². The van der Waals surface area contributed by atoms with Gasteiger partial charge in [-0.15, -0.1) is 0 Å². The molecule has 0 spiro atoms. The number of hydrogen-bond donors (Lipinski definition) is 2. The van der Waals surface area contributed by atoms with E-state index in [0.717, 1.165) is 0 Å². The molecule has 5 nitrogen and oxygen atoms in total. The first-order valence-corrected chi connectivity index (χ1v) is 6.84. The highest BCUT2D eigenvalue weighted by Gasteiger charge is 2.10. The number of furan rings is 1. The Labute approximate surface area is 124 Å². The summed E-state index contributed by atoms with van der Waals surface area (Å²) < 4.78 is 5.66. The minimum atomic E-state index is -0.332. The molecular formula is C14H13BrN2O3. The van der Waals surface area contributed by atoms with Crippen molar-refractivity contribution >= 4 is 39.1 Å². The predicted molar refractivity (Wildman–Crippen MR) is 79.7 cm³/mol. The van der Waals surface area contributed by atoms with E-state index in [0.29, 0.717) is 22.5 Å².